The maximum absolute atomic E-state index is 12.7. The van der Waals surface area contributed by atoms with Crippen molar-refractivity contribution in [2.24, 2.45) is 5.92 Å². The monoisotopic (exact) mass is 512 g/mol. The summed E-state index contributed by atoms with van der Waals surface area (Å²) in [6, 6.07) is 0. The van der Waals surface area contributed by atoms with Crippen LogP contribution in [-0.4, -0.2) is 37.7 Å². The highest BCUT2D eigenvalue weighted by molar-refractivity contribution is 5.84. The third-order valence-corrected chi connectivity index (χ3v) is 6.42. The van der Waals surface area contributed by atoms with Crippen LogP contribution in [-0.2, 0) is 28.6 Å². The van der Waals surface area contributed by atoms with Crippen LogP contribution < -0.4 is 0 Å². The van der Waals surface area contributed by atoms with Gasteiger partial charge in [0.05, 0.1) is 38.6 Å². The summed E-state index contributed by atoms with van der Waals surface area (Å²) < 4.78 is 16.1. The van der Waals surface area contributed by atoms with E-state index in [0.29, 0.717) is 19.8 Å². The number of unbranched alkanes of at least 4 members (excludes halogenated alkanes) is 15. The van der Waals surface area contributed by atoms with Crippen LogP contribution in [0, 0.1) is 5.92 Å². The second-order valence-corrected chi connectivity index (χ2v) is 10.0. The molecule has 0 radical (unpaired) electrons. The van der Waals surface area contributed by atoms with Crippen molar-refractivity contribution in [3.05, 3.63) is 0 Å². The van der Waals surface area contributed by atoms with Crippen molar-refractivity contribution in [2.45, 2.75) is 149 Å². The Morgan fingerprint density at radius 1 is 0.444 bits per heavy atom. The van der Waals surface area contributed by atoms with E-state index in [1.165, 1.54) is 57.8 Å². The number of ether oxygens (including phenoxy) is 3. The molecule has 6 nitrogen and oxygen atoms in total. The van der Waals surface area contributed by atoms with E-state index in [9.17, 15) is 14.4 Å². The van der Waals surface area contributed by atoms with Crippen molar-refractivity contribution in [2.75, 3.05) is 19.8 Å². The van der Waals surface area contributed by atoms with Gasteiger partial charge in [0.15, 0.2) is 0 Å². The highest BCUT2D eigenvalue weighted by Crippen LogP contribution is 2.16. The molecule has 6 heteroatoms. The quantitative estimate of drug-likeness (QED) is 0.0662. The molecule has 0 saturated heterocycles. The molecule has 0 aromatic carbocycles. The summed E-state index contributed by atoms with van der Waals surface area (Å²) >= 11 is 0. The Morgan fingerprint density at radius 3 is 1.11 bits per heavy atom. The van der Waals surface area contributed by atoms with E-state index in [1.807, 2.05) is 0 Å². The standard InChI is InChI=1S/C30H56O6/c1-4-7-10-13-16-19-22-34-28(31)25-27(30(33)36-24-21-18-15-12-9-6-3)26-29(32)35-23-20-17-14-11-8-5-2/h27H,4-26H2,1-3H3. The lowest BCUT2D eigenvalue weighted by atomic mass is 10.0. The van der Waals surface area contributed by atoms with E-state index in [0.717, 1.165) is 57.8 Å². The van der Waals surface area contributed by atoms with E-state index in [-0.39, 0.29) is 12.8 Å². The average Bonchev–Trinajstić information content (AvgIpc) is 2.86. The Hall–Kier alpha value is -1.59. The third kappa shape index (κ3) is 22.8. The fraction of sp³-hybridized carbons (Fsp3) is 0.900. The topological polar surface area (TPSA) is 78.9 Å². The predicted octanol–water partition coefficient (Wildman–Crippen LogP) is 8.09. The van der Waals surface area contributed by atoms with Crippen LogP contribution in [0.25, 0.3) is 0 Å². The van der Waals surface area contributed by atoms with Crippen molar-refractivity contribution < 1.29 is 28.6 Å². The molecule has 212 valence electrons. The Balaban J connectivity index is 4.43. The summed E-state index contributed by atoms with van der Waals surface area (Å²) in [6.07, 6.45) is 19.5. The van der Waals surface area contributed by atoms with Gasteiger partial charge in [0.25, 0.3) is 0 Å². The molecule has 0 aliphatic rings. The average molecular weight is 513 g/mol. The zero-order valence-corrected chi connectivity index (χ0v) is 23.8. The number of carbonyl (C=O) groups excluding carboxylic acids is 3. The zero-order chi connectivity index (χ0) is 26.7. The molecule has 36 heavy (non-hydrogen) atoms. The molecule has 0 fully saturated rings. The second-order valence-electron chi connectivity index (χ2n) is 10.0. The Labute approximate surface area is 221 Å². The second kappa shape index (κ2) is 26.5. The third-order valence-electron chi connectivity index (χ3n) is 6.42. The number of esters is 3. The molecule has 0 N–H and O–H groups in total. The van der Waals surface area contributed by atoms with Crippen molar-refractivity contribution in [1.82, 2.24) is 0 Å². The van der Waals surface area contributed by atoms with Gasteiger partial charge in [-0.3, -0.25) is 14.4 Å². The van der Waals surface area contributed by atoms with E-state index in [2.05, 4.69) is 20.8 Å². The van der Waals surface area contributed by atoms with Gasteiger partial charge in [0.2, 0.25) is 0 Å². The predicted molar refractivity (Wildman–Crippen MR) is 146 cm³/mol. The summed E-state index contributed by atoms with van der Waals surface area (Å²) in [5, 5.41) is 0. The molecule has 0 rings (SSSR count). The smallest absolute Gasteiger partial charge is 0.310 e. The maximum atomic E-state index is 12.7. The largest absolute Gasteiger partial charge is 0.466 e. The molecule has 0 spiro atoms. The number of hydrogen-bond acceptors (Lipinski definition) is 6. The molecule has 0 aliphatic carbocycles. The molecule has 0 amide bonds. The van der Waals surface area contributed by atoms with Crippen LogP contribution in [0.15, 0.2) is 0 Å². The molecular formula is C30H56O6. The molecular weight excluding hydrogens is 456 g/mol. The van der Waals surface area contributed by atoms with Crippen LogP contribution in [0.3, 0.4) is 0 Å². The Kier molecular flexibility index (Phi) is 25.3. The van der Waals surface area contributed by atoms with Gasteiger partial charge in [-0.25, -0.2) is 0 Å². The maximum Gasteiger partial charge on any atom is 0.310 e. The van der Waals surface area contributed by atoms with E-state index < -0.39 is 23.8 Å². The number of rotatable bonds is 26. The highest BCUT2D eigenvalue weighted by Gasteiger charge is 2.27. The van der Waals surface area contributed by atoms with Gasteiger partial charge in [-0.2, -0.15) is 0 Å². The number of hydrogen-bond donors (Lipinski definition) is 0. The van der Waals surface area contributed by atoms with Crippen molar-refractivity contribution in [3.8, 4) is 0 Å². The molecule has 0 saturated carbocycles. The van der Waals surface area contributed by atoms with Gasteiger partial charge in [-0.05, 0) is 19.3 Å². The van der Waals surface area contributed by atoms with Crippen LogP contribution in [0.5, 0.6) is 0 Å². The van der Waals surface area contributed by atoms with Gasteiger partial charge in [-0.1, -0.05) is 117 Å². The molecule has 0 unspecified atom stereocenters. The molecule has 0 aromatic heterocycles. The zero-order valence-electron chi connectivity index (χ0n) is 23.8. The summed E-state index contributed by atoms with van der Waals surface area (Å²) in [5.41, 5.74) is 0. The first-order chi connectivity index (χ1) is 17.5. The molecule has 0 heterocycles. The summed E-state index contributed by atoms with van der Waals surface area (Å²) in [7, 11) is 0. The first-order valence-corrected chi connectivity index (χ1v) is 15.0. The van der Waals surface area contributed by atoms with Crippen LogP contribution >= 0.6 is 0 Å². The molecule has 0 aromatic rings. The lowest BCUT2D eigenvalue weighted by Crippen LogP contribution is -2.26. The first-order valence-electron chi connectivity index (χ1n) is 15.0. The Morgan fingerprint density at radius 2 is 0.750 bits per heavy atom. The summed E-state index contributed by atoms with van der Waals surface area (Å²) in [4.78, 5) is 37.4. The fourth-order valence-corrected chi connectivity index (χ4v) is 4.07. The van der Waals surface area contributed by atoms with Gasteiger partial charge in [0.1, 0.15) is 0 Å². The van der Waals surface area contributed by atoms with Crippen molar-refractivity contribution >= 4 is 17.9 Å². The minimum absolute atomic E-state index is 0.142. The summed E-state index contributed by atoms with van der Waals surface area (Å²) in [5.74, 6) is -2.25. The van der Waals surface area contributed by atoms with Crippen LogP contribution in [0.2, 0.25) is 0 Å². The first kappa shape index (κ1) is 34.4. The Bertz CT molecular complexity index is 502. The highest BCUT2D eigenvalue weighted by atomic mass is 16.5. The number of carbonyl (C=O) groups is 3. The van der Waals surface area contributed by atoms with Gasteiger partial charge >= 0.3 is 17.9 Å². The molecule has 0 bridgehead atoms. The van der Waals surface area contributed by atoms with E-state index in [1.54, 1.807) is 0 Å². The minimum Gasteiger partial charge on any atom is -0.466 e. The molecule has 0 aliphatic heterocycles. The summed E-state index contributed by atoms with van der Waals surface area (Å²) in [6.45, 7) is 7.57. The van der Waals surface area contributed by atoms with Gasteiger partial charge in [0, 0.05) is 0 Å². The lowest BCUT2D eigenvalue weighted by molar-refractivity contribution is -0.159. The van der Waals surface area contributed by atoms with E-state index in [4.69, 9.17) is 14.2 Å². The normalized spacial score (nSPS) is 11.0. The van der Waals surface area contributed by atoms with Gasteiger partial charge < -0.3 is 14.2 Å². The van der Waals surface area contributed by atoms with Crippen molar-refractivity contribution in [1.29, 1.82) is 0 Å². The molecule has 0 atom stereocenters. The van der Waals surface area contributed by atoms with E-state index >= 15 is 0 Å². The lowest BCUT2D eigenvalue weighted by Gasteiger charge is -2.15. The van der Waals surface area contributed by atoms with Gasteiger partial charge in [-0.15, -0.1) is 0 Å². The minimum atomic E-state index is -0.848. The van der Waals surface area contributed by atoms with Crippen LogP contribution in [0.4, 0.5) is 0 Å². The fourth-order valence-electron chi connectivity index (χ4n) is 4.07. The van der Waals surface area contributed by atoms with Crippen LogP contribution in [0.1, 0.15) is 149 Å². The van der Waals surface area contributed by atoms with Crippen molar-refractivity contribution in [3.63, 3.8) is 0 Å². The SMILES string of the molecule is CCCCCCCCOC(=O)CC(CC(=O)OCCCCCCCC)C(=O)OCCCCCCCC.